The Hall–Kier alpha value is -3.44. The van der Waals surface area contributed by atoms with E-state index >= 15 is 0 Å². The number of carbonyl (C=O) groups is 1. The molecule has 3 rings (SSSR count). The third-order valence-electron chi connectivity index (χ3n) is 5.51. The van der Waals surface area contributed by atoms with Crippen molar-refractivity contribution < 1.29 is 28.5 Å². The highest BCUT2D eigenvalue weighted by Gasteiger charge is 2.18. The Kier molecular flexibility index (Phi) is 9.43. The van der Waals surface area contributed by atoms with Gasteiger partial charge in [0, 0.05) is 24.7 Å². The van der Waals surface area contributed by atoms with Gasteiger partial charge >= 0.3 is 0 Å². The number of phenolic OH excluding ortho intramolecular Hbond substituents is 1. The molecular weight excluding hydrogens is 482 g/mol. The fourth-order valence-corrected chi connectivity index (χ4v) is 4.27. The molecule has 0 fully saturated rings. The van der Waals surface area contributed by atoms with E-state index in [9.17, 15) is 23.4 Å². The van der Waals surface area contributed by atoms with Crippen molar-refractivity contribution in [1.29, 1.82) is 0 Å². The summed E-state index contributed by atoms with van der Waals surface area (Å²) < 4.78 is 25.4. The standard InChI is InChI=1S/C26H31N3O6S/c1-36(34,35)29-23-16-21(11-12-24(23)31)25(32)17-28-22(15-18-5-3-2-4-6-18)19-7-9-20(10-8-19)26(33)27-13-14-30/h2-12,16,22,25,28-32H,13-15,17H2,1H3,(H,27,33)/t22?,25-/m0/s1. The normalized spacial score (nSPS) is 13.1. The van der Waals surface area contributed by atoms with Gasteiger partial charge in [-0.1, -0.05) is 48.5 Å². The van der Waals surface area contributed by atoms with Crippen LogP contribution in [-0.2, 0) is 16.4 Å². The molecule has 6 N–H and O–H groups in total. The fraction of sp³-hybridized carbons (Fsp3) is 0.269. The smallest absolute Gasteiger partial charge is 0.251 e. The third kappa shape index (κ3) is 8.06. The van der Waals surface area contributed by atoms with Gasteiger partial charge in [0.2, 0.25) is 10.0 Å². The van der Waals surface area contributed by atoms with Crippen molar-refractivity contribution in [2.75, 3.05) is 30.7 Å². The highest BCUT2D eigenvalue weighted by atomic mass is 32.2. The number of aliphatic hydroxyl groups is 2. The first-order valence-electron chi connectivity index (χ1n) is 11.4. The van der Waals surface area contributed by atoms with Crippen molar-refractivity contribution in [1.82, 2.24) is 10.6 Å². The topological polar surface area (TPSA) is 148 Å². The van der Waals surface area contributed by atoms with Crippen LogP contribution in [0.3, 0.4) is 0 Å². The molecule has 10 heteroatoms. The lowest BCUT2D eigenvalue weighted by atomic mass is 9.97. The summed E-state index contributed by atoms with van der Waals surface area (Å²) in [6.07, 6.45) is 0.625. The van der Waals surface area contributed by atoms with Crippen molar-refractivity contribution in [2.24, 2.45) is 0 Å². The van der Waals surface area contributed by atoms with Crippen LogP contribution in [0, 0.1) is 0 Å². The quantitative estimate of drug-likeness (QED) is 0.203. The van der Waals surface area contributed by atoms with Gasteiger partial charge in [0.25, 0.3) is 5.91 Å². The van der Waals surface area contributed by atoms with Crippen molar-refractivity contribution >= 4 is 21.6 Å². The number of amides is 1. The predicted molar refractivity (Wildman–Crippen MR) is 138 cm³/mol. The maximum atomic E-state index is 12.2. The monoisotopic (exact) mass is 513 g/mol. The average Bonchev–Trinajstić information content (AvgIpc) is 2.86. The summed E-state index contributed by atoms with van der Waals surface area (Å²) in [5.74, 6) is -0.515. The van der Waals surface area contributed by atoms with Gasteiger partial charge in [0.1, 0.15) is 5.75 Å². The summed E-state index contributed by atoms with van der Waals surface area (Å²) in [7, 11) is -3.60. The lowest BCUT2D eigenvalue weighted by Gasteiger charge is -2.22. The molecule has 36 heavy (non-hydrogen) atoms. The molecule has 0 aromatic heterocycles. The van der Waals surface area contributed by atoms with Gasteiger partial charge in [-0.05, 0) is 47.4 Å². The molecular formula is C26H31N3O6S. The van der Waals surface area contributed by atoms with Gasteiger partial charge in [-0.15, -0.1) is 0 Å². The number of hydrogen-bond acceptors (Lipinski definition) is 7. The average molecular weight is 514 g/mol. The number of aliphatic hydroxyl groups excluding tert-OH is 2. The number of hydrogen-bond donors (Lipinski definition) is 6. The van der Waals surface area contributed by atoms with Crippen molar-refractivity contribution in [2.45, 2.75) is 18.6 Å². The summed E-state index contributed by atoms with van der Waals surface area (Å²) in [6, 6.07) is 21.0. The van der Waals surface area contributed by atoms with Crippen molar-refractivity contribution in [3.63, 3.8) is 0 Å². The number of nitrogens with one attached hydrogen (secondary N) is 3. The fourth-order valence-electron chi connectivity index (χ4n) is 3.71. The molecule has 2 atom stereocenters. The van der Waals surface area contributed by atoms with E-state index in [4.69, 9.17) is 5.11 Å². The van der Waals surface area contributed by atoms with Crippen LogP contribution in [0.2, 0.25) is 0 Å². The Morgan fingerprint density at radius 1 is 0.972 bits per heavy atom. The number of anilines is 1. The Morgan fingerprint density at radius 3 is 2.28 bits per heavy atom. The molecule has 3 aromatic rings. The summed E-state index contributed by atoms with van der Waals surface area (Å²) in [6.45, 7) is 0.191. The van der Waals surface area contributed by atoms with Gasteiger partial charge in [0.15, 0.2) is 0 Å². The molecule has 0 aliphatic heterocycles. The second-order valence-corrected chi connectivity index (χ2v) is 10.2. The SMILES string of the molecule is CS(=O)(=O)Nc1cc([C@@H](O)CNC(Cc2ccccc2)c2ccc(C(=O)NCCO)cc2)ccc1O. The highest BCUT2D eigenvalue weighted by Crippen LogP contribution is 2.28. The van der Waals surface area contributed by atoms with Crippen LogP contribution in [0.15, 0.2) is 72.8 Å². The Morgan fingerprint density at radius 2 is 1.64 bits per heavy atom. The molecule has 1 unspecified atom stereocenters. The zero-order chi connectivity index (χ0) is 26.1. The lowest BCUT2D eigenvalue weighted by Crippen LogP contribution is -2.28. The molecule has 1 amide bonds. The highest BCUT2D eigenvalue weighted by molar-refractivity contribution is 7.92. The summed E-state index contributed by atoms with van der Waals surface area (Å²) in [5, 5.41) is 35.6. The minimum absolute atomic E-state index is 0.00931. The molecule has 3 aromatic carbocycles. The first-order valence-corrected chi connectivity index (χ1v) is 13.3. The summed E-state index contributed by atoms with van der Waals surface area (Å²) in [4.78, 5) is 12.2. The maximum absolute atomic E-state index is 12.2. The second kappa shape index (κ2) is 12.5. The summed E-state index contributed by atoms with van der Waals surface area (Å²) >= 11 is 0. The molecule has 192 valence electrons. The van der Waals surface area contributed by atoms with Crippen LogP contribution in [0.5, 0.6) is 5.75 Å². The van der Waals surface area contributed by atoms with Crippen LogP contribution in [0.4, 0.5) is 5.69 Å². The van der Waals surface area contributed by atoms with Crippen molar-refractivity contribution in [3.8, 4) is 5.75 Å². The molecule has 0 saturated heterocycles. The van der Waals surface area contributed by atoms with E-state index in [1.54, 1.807) is 12.1 Å². The molecule has 0 heterocycles. The maximum Gasteiger partial charge on any atom is 0.251 e. The molecule has 0 radical (unpaired) electrons. The van der Waals surface area contributed by atoms with Gasteiger partial charge in [-0.3, -0.25) is 9.52 Å². The number of sulfonamides is 1. The summed E-state index contributed by atoms with van der Waals surface area (Å²) in [5.41, 5.74) is 2.89. The molecule has 0 bridgehead atoms. The minimum Gasteiger partial charge on any atom is -0.506 e. The van der Waals surface area contributed by atoms with Crippen LogP contribution in [-0.4, -0.2) is 55.6 Å². The van der Waals surface area contributed by atoms with Gasteiger partial charge in [-0.2, -0.15) is 0 Å². The van der Waals surface area contributed by atoms with E-state index in [1.807, 2.05) is 42.5 Å². The Bertz CT molecular complexity index is 1250. The number of phenols is 1. The lowest BCUT2D eigenvalue weighted by molar-refractivity contribution is 0.0944. The van der Waals surface area contributed by atoms with Crippen LogP contribution >= 0.6 is 0 Å². The largest absolute Gasteiger partial charge is 0.506 e. The first-order chi connectivity index (χ1) is 17.2. The Balaban J connectivity index is 1.77. The third-order valence-corrected chi connectivity index (χ3v) is 6.10. The number of rotatable bonds is 12. The van der Waals surface area contributed by atoms with E-state index in [-0.39, 0.29) is 43.1 Å². The zero-order valence-corrected chi connectivity index (χ0v) is 20.7. The molecule has 0 saturated carbocycles. The van der Waals surface area contributed by atoms with Gasteiger partial charge in [0.05, 0.1) is 24.7 Å². The van der Waals surface area contributed by atoms with E-state index in [1.165, 1.54) is 18.2 Å². The number of aromatic hydroxyl groups is 1. The Labute approximate surface area is 210 Å². The van der Waals surface area contributed by atoms with Crippen LogP contribution in [0.1, 0.15) is 39.2 Å². The predicted octanol–water partition coefficient (Wildman–Crippen LogP) is 2.09. The molecule has 9 nitrogen and oxygen atoms in total. The second-order valence-electron chi connectivity index (χ2n) is 8.42. The molecule has 0 aliphatic rings. The van der Waals surface area contributed by atoms with E-state index in [0.29, 0.717) is 17.5 Å². The van der Waals surface area contributed by atoms with Crippen LogP contribution < -0.4 is 15.4 Å². The van der Waals surface area contributed by atoms with Crippen LogP contribution in [0.25, 0.3) is 0 Å². The number of carbonyl (C=O) groups excluding carboxylic acids is 1. The van der Waals surface area contributed by atoms with E-state index < -0.39 is 16.1 Å². The first kappa shape index (κ1) is 27.2. The molecule has 0 aliphatic carbocycles. The minimum atomic E-state index is -3.60. The van der Waals surface area contributed by atoms with Crippen molar-refractivity contribution in [3.05, 3.63) is 95.1 Å². The zero-order valence-electron chi connectivity index (χ0n) is 19.9. The number of benzene rings is 3. The van der Waals surface area contributed by atoms with Gasteiger partial charge in [-0.25, -0.2) is 8.42 Å². The van der Waals surface area contributed by atoms with Gasteiger partial charge < -0.3 is 26.0 Å². The molecule has 0 spiro atoms. The van der Waals surface area contributed by atoms with E-state index in [0.717, 1.165) is 17.4 Å². The van der Waals surface area contributed by atoms with E-state index in [2.05, 4.69) is 15.4 Å².